The average Bonchev–Trinajstić information content (AvgIpc) is 1.57. The molecule has 0 bridgehead atoms. The molecule has 713 valence electrons. The van der Waals surface area contributed by atoms with Gasteiger partial charge in [-0.05, 0) is 239 Å². The molecule has 144 heavy (non-hydrogen) atoms. The minimum absolute atomic E-state index is 0. The van der Waals surface area contributed by atoms with Crippen LogP contribution in [0.25, 0.3) is 150 Å². The Morgan fingerprint density at radius 1 is 0.264 bits per heavy atom. The first-order chi connectivity index (χ1) is 68.9. The van der Waals surface area contributed by atoms with E-state index in [4.69, 9.17) is 15.0 Å². The monoisotopic (exact) mass is 2230 g/mol. The van der Waals surface area contributed by atoms with Gasteiger partial charge in [-0.1, -0.05) is 190 Å². The standard InChI is InChI=1S/3C25H21N2.C19H14N2.2C18H17N2.2Ir/c3*1-15-13-16(2)23(17(3)14-15)24-18(4)26-25-21-11-6-5-9-19(21)20-10-7-8-12-22(20)27(24)25;1-3-9-16(10-4-1)20-15-21(17-11-5-2-6-12-17)19-14-8-7-13-18(19)20;2*1-13-11-14(2)17(15(3)12-13)20-10-9-19-18(20)16-7-5-4-6-8-16;;/h3*5-10,12-14H,1-4H3;1-11,13-15H;2*4-7,9-12H,1-3H3;;/q3*-1;-2;2*-1;;+3. The number of nitrogens with zero attached hydrogens (tertiary/aromatic N) is 12. The van der Waals surface area contributed by atoms with Gasteiger partial charge in [-0.25, -0.2) is 0 Å². The molecule has 12 nitrogen and oxygen atoms in total. The van der Waals surface area contributed by atoms with Gasteiger partial charge in [0.15, 0.2) is 0 Å². The predicted octanol–water partition coefficient (Wildman–Crippen LogP) is 32.4. The molecule has 0 saturated carbocycles. The van der Waals surface area contributed by atoms with Gasteiger partial charge in [0, 0.05) is 107 Å². The van der Waals surface area contributed by atoms with Crippen LogP contribution in [0.1, 0.15) is 101 Å². The van der Waals surface area contributed by atoms with Crippen LogP contribution in [0, 0.1) is 168 Å². The van der Waals surface area contributed by atoms with Crippen molar-refractivity contribution in [1.29, 1.82) is 0 Å². The van der Waals surface area contributed by atoms with E-state index in [2.05, 4.69) is 434 Å². The van der Waals surface area contributed by atoms with Gasteiger partial charge < -0.3 is 32.1 Å². The number of para-hydroxylation sites is 7. The average molecular weight is 2230 g/mol. The van der Waals surface area contributed by atoms with E-state index in [0.717, 1.165) is 84.3 Å². The molecule has 9 heterocycles. The third kappa shape index (κ3) is 18.8. The molecule has 0 saturated heterocycles. The van der Waals surface area contributed by atoms with Crippen LogP contribution < -0.4 is 9.80 Å². The largest absolute Gasteiger partial charge is 3.00 e. The minimum atomic E-state index is 0. The van der Waals surface area contributed by atoms with E-state index in [-0.39, 0.29) is 40.2 Å². The van der Waals surface area contributed by atoms with Gasteiger partial charge in [-0.3, -0.25) is 24.9 Å². The number of fused-ring (bicyclic) bond motifs is 19. The maximum Gasteiger partial charge on any atom is 3.00 e. The van der Waals surface area contributed by atoms with Crippen molar-refractivity contribution in [3.05, 3.63) is 484 Å². The number of aryl methyl sites for hydroxylation is 18. The predicted molar refractivity (Wildman–Crippen MR) is 591 cm³/mol. The van der Waals surface area contributed by atoms with E-state index in [1.54, 1.807) is 0 Å². The second kappa shape index (κ2) is 41.9. The van der Waals surface area contributed by atoms with Gasteiger partial charge in [0.05, 0.1) is 62.8 Å². The van der Waals surface area contributed by atoms with Crippen molar-refractivity contribution in [2.24, 2.45) is 0 Å². The molecule has 14 heteroatoms. The van der Waals surface area contributed by atoms with Crippen LogP contribution in [0.3, 0.4) is 0 Å². The molecule has 25 rings (SSSR count). The number of benzene rings is 16. The molecule has 24 aromatic rings. The minimum Gasteiger partial charge on any atom is -0.493 e. The number of pyridine rings is 3. The van der Waals surface area contributed by atoms with E-state index < -0.39 is 0 Å². The molecule has 0 spiro atoms. The number of aromatic nitrogens is 10. The molecule has 1 aliphatic heterocycles. The number of imidazole rings is 5. The van der Waals surface area contributed by atoms with Gasteiger partial charge in [0.2, 0.25) is 0 Å². The smallest absolute Gasteiger partial charge is 0.493 e. The molecule has 1 radical (unpaired) electrons. The van der Waals surface area contributed by atoms with E-state index in [1.807, 2.05) is 116 Å². The topological polar surface area (TPSA) is 94.0 Å². The maximum absolute atomic E-state index is 5.00. The van der Waals surface area contributed by atoms with Crippen LogP contribution in [-0.4, -0.2) is 47.3 Å². The van der Waals surface area contributed by atoms with Crippen molar-refractivity contribution in [3.8, 4) is 67.9 Å². The number of hydrogen-bond donors (Lipinski definition) is 0. The van der Waals surface area contributed by atoms with E-state index in [1.165, 1.54) is 189 Å². The van der Waals surface area contributed by atoms with Crippen molar-refractivity contribution < 1.29 is 40.2 Å². The van der Waals surface area contributed by atoms with Crippen molar-refractivity contribution in [2.75, 3.05) is 9.80 Å². The van der Waals surface area contributed by atoms with Crippen molar-refractivity contribution >= 4 is 105 Å². The molecule has 0 atom stereocenters. The van der Waals surface area contributed by atoms with Crippen LogP contribution >= 0.6 is 0 Å². The normalized spacial score (nSPS) is 11.5. The number of rotatable bonds is 9. The van der Waals surface area contributed by atoms with Crippen LogP contribution in [0.4, 0.5) is 22.7 Å². The first-order valence-corrected chi connectivity index (χ1v) is 48.5. The summed E-state index contributed by atoms with van der Waals surface area (Å²) < 4.78 is 11.3. The van der Waals surface area contributed by atoms with Crippen molar-refractivity contribution in [3.63, 3.8) is 0 Å². The van der Waals surface area contributed by atoms with E-state index in [0.29, 0.717) is 0 Å². The molecule has 16 aromatic carbocycles. The Bertz CT molecular complexity index is 8110. The van der Waals surface area contributed by atoms with Gasteiger partial charge >= 0.3 is 20.1 Å². The first kappa shape index (κ1) is 98.6. The summed E-state index contributed by atoms with van der Waals surface area (Å²) >= 11 is 0. The molecule has 0 amide bonds. The summed E-state index contributed by atoms with van der Waals surface area (Å²) in [5.74, 6) is 1.86. The maximum atomic E-state index is 5.00. The Morgan fingerprint density at radius 2 is 0.549 bits per heavy atom. The summed E-state index contributed by atoms with van der Waals surface area (Å²) in [7, 11) is 0. The van der Waals surface area contributed by atoms with Crippen LogP contribution in [0.2, 0.25) is 0 Å². The van der Waals surface area contributed by atoms with Gasteiger partial charge in [-0.2, -0.15) is 30.3 Å². The van der Waals surface area contributed by atoms with Gasteiger partial charge in [0.25, 0.3) is 0 Å². The Kier molecular flexibility index (Phi) is 28.7. The summed E-state index contributed by atoms with van der Waals surface area (Å²) in [5, 5.41) is 10.5. The molecule has 0 aliphatic carbocycles. The van der Waals surface area contributed by atoms with Crippen LogP contribution in [0.15, 0.2) is 340 Å². The summed E-state index contributed by atoms with van der Waals surface area (Å²) in [4.78, 5) is 28.4. The zero-order valence-electron chi connectivity index (χ0n) is 84.4. The Morgan fingerprint density at radius 3 is 0.875 bits per heavy atom. The summed E-state index contributed by atoms with van der Waals surface area (Å²) in [6, 6.07) is 130. The van der Waals surface area contributed by atoms with Crippen LogP contribution in [0.5, 0.6) is 0 Å². The quantitative estimate of drug-likeness (QED) is 0.105. The number of anilines is 4. The Labute approximate surface area is 871 Å². The third-order valence-corrected chi connectivity index (χ3v) is 27.0. The fraction of sp³-hybridized carbons (Fsp3) is 0.138. The zero-order chi connectivity index (χ0) is 98.4. The Hall–Kier alpha value is -15.5. The molecular formula is C130H111Ir2N12-4. The van der Waals surface area contributed by atoms with Crippen molar-refractivity contribution in [2.45, 2.75) is 125 Å². The molecular weight excluding hydrogens is 2110 g/mol. The molecule has 8 aromatic heterocycles. The Balaban J connectivity index is 0.000000114. The second-order valence-corrected chi connectivity index (χ2v) is 37.6. The zero-order valence-corrected chi connectivity index (χ0v) is 89.2. The SMILES string of the molecule is Cc1cc(C)c(-c2c(C)nc3c4[c-]cccc4c4ccccc4n23)c(C)c1.Cc1cc(C)c(-c2c(C)nc3c4[c-]cccc4c4ccccc4n23)c(C)c1.Cc1cc(C)c(-c2c(C)nc3c4[c-]cccc4c4ccccc4n23)c(C)c1.Cc1cc(C)c(-n2ccnc2-c2[c-]cccc2)c(C)c1.Cc1cc(C)c(-n2ccnc2-c2[c-]cccc2)c(C)c1.[Ir+3].[Ir].[c-]1ccccc1N1[CH-]N(c2ccccc2)c2ccccc21. The van der Waals surface area contributed by atoms with E-state index >= 15 is 0 Å². The number of hydrogen-bond acceptors (Lipinski definition) is 7. The van der Waals surface area contributed by atoms with Crippen LogP contribution in [-0.2, 0) is 40.2 Å². The first-order valence-electron chi connectivity index (χ1n) is 48.5. The summed E-state index contributed by atoms with van der Waals surface area (Å²) in [6.07, 6.45) is 7.71. The molecule has 1 aliphatic rings. The van der Waals surface area contributed by atoms with Gasteiger partial charge in [0.1, 0.15) is 0 Å². The van der Waals surface area contributed by atoms with Crippen molar-refractivity contribution in [1.82, 2.24) is 47.3 Å². The van der Waals surface area contributed by atoms with Gasteiger partial charge in [-0.15, -0.1) is 173 Å². The molecule has 0 N–H and O–H groups in total. The second-order valence-electron chi connectivity index (χ2n) is 37.6. The summed E-state index contributed by atoms with van der Waals surface area (Å²) in [5.41, 5.74) is 45.3. The third-order valence-electron chi connectivity index (χ3n) is 27.0. The summed E-state index contributed by atoms with van der Waals surface area (Å²) in [6.45, 7) is 41.0. The fourth-order valence-corrected chi connectivity index (χ4v) is 21.7. The van der Waals surface area contributed by atoms with E-state index in [9.17, 15) is 0 Å². The molecule has 0 unspecified atom stereocenters. The molecule has 0 fully saturated rings. The fourth-order valence-electron chi connectivity index (χ4n) is 21.7.